The van der Waals surface area contributed by atoms with Crippen molar-refractivity contribution in [2.45, 2.75) is 32.3 Å². The van der Waals surface area contributed by atoms with Gasteiger partial charge >= 0.3 is 0 Å². The molecule has 1 aliphatic heterocycles. The van der Waals surface area contributed by atoms with E-state index in [1.165, 1.54) is 5.56 Å². The predicted octanol–water partition coefficient (Wildman–Crippen LogP) is 3.00. The maximum atomic E-state index is 10.4. The molecule has 0 spiro atoms. The van der Waals surface area contributed by atoms with Crippen LogP contribution < -0.4 is 9.64 Å². The lowest BCUT2D eigenvalue weighted by Crippen LogP contribution is -2.49. The highest BCUT2D eigenvalue weighted by Crippen LogP contribution is 2.31. The Balaban J connectivity index is 1.46. The minimum absolute atomic E-state index is 0.0215. The number of aliphatic hydroxyl groups is 1. The fourth-order valence-electron chi connectivity index (χ4n) is 3.24. The zero-order chi connectivity index (χ0) is 18.6. The number of piperazine rings is 1. The quantitative estimate of drug-likeness (QED) is 0.841. The number of ether oxygens (including phenoxy) is 1. The third-order valence-electron chi connectivity index (χ3n) is 4.66. The second-order valence-corrected chi connectivity index (χ2v) is 8.69. The summed E-state index contributed by atoms with van der Waals surface area (Å²) >= 11 is 1.68. The van der Waals surface area contributed by atoms with E-state index in [-0.39, 0.29) is 5.41 Å². The largest absolute Gasteiger partial charge is 0.491 e. The Morgan fingerprint density at radius 1 is 1.19 bits per heavy atom. The molecule has 26 heavy (non-hydrogen) atoms. The number of hydrogen-bond acceptors (Lipinski definition) is 6. The number of rotatable bonds is 6. The first-order valence-corrected chi connectivity index (χ1v) is 10.1. The smallest absolute Gasteiger partial charge is 0.185 e. The summed E-state index contributed by atoms with van der Waals surface area (Å²) in [5, 5.41) is 13.5. The molecule has 2 aromatic rings. The summed E-state index contributed by atoms with van der Waals surface area (Å²) in [4.78, 5) is 8.98. The predicted molar refractivity (Wildman–Crippen MR) is 107 cm³/mol. The zero-order valence-corrected chi connectivity index (χ0v) is 16.7. The van der Waals surface area contributed by atoms with Crippen molar-refractivity contribution in [3.8, 4) is 5.75 Å². The summed E-state index contributed by atoms with van der Waals surface area (Å²) in [5.41, 5.74) is 1.19. The maximum Gasteiger partial charge on any atom is 0.185 e. The second kappa shape index (κ2) is 8.37. The van der Waals surface area contributed by atoms with Crippen LogP contribution in [-0.4, -0.2) is 60.4 Å². The minimum atomic E-state index is -0.491. The molecule has 0 saturated carbocycles. The molecule has 1 aliphatic rings. The van der Waals surface area contributed by atoms with Crippen molar-refractivity contribution >= 4 is 16.5 Å². The van der Waals surface area contributed by atoms with Gasteiger partial charge in [-0.1, -0.05) is 39.0 Å². The van der Waals surface area contributed by atoms with Crippen LogP contribution in [-0.2, 0) is 5.41 Å². The van der Waals surface area contributed by atoms with Crippen LogP contribution >= 0.6 is 11.3 Å². The van der Waals surface area contributed by atoms with Gasteiger partial charge in [-0.15, -0.1) is 11.3 Å². The van der Waals surface area contributed by atoms with E-state index in [9.17, 15) is 5.11 Å². The second-order valence-electron chi connectivity index (χ2n) is 7.81. The lowest BCUT2D eigenvalue weighted by molar-refractivity contribution is 0.0656. The molecule has 0 unspecified atom stereocenters. The molecule has 6 heteroatoms. The van der Waals surface area contributed by atoms with Gasteiger partial charge in [-0.2, -0.15) is 0 Å². The van der Waals surface area contributed by atoms with Crippen molar-refractivity contribution in [2.75, 3.05) is 44.2 Å². The normalized spacial score (nSPS) is 17.3. The van der Waals surface area contributed by atoms with Gasteiger partial charge in [0, 0.05) is 44.3 Å². The average molecular weight is 376 g/mol. The van der Waals surface area contributed by atoms with Crippen molar-refractivity contribution < 1.29 is 9.84 Å². The number of para-hydroxylation sites is 1. The first-order valence-electron chi connectivity index (χ1n) is 9.20. The van der Waals surface area contributed by atoms with Crippen LogP contribution in [0.4, 0.5) is 5.13 Å². The van der Waals surface area contributed by atoms with Gasteiger partial charge in [0.2, 0.25) is 0 Å². The third kappa shape index (κ3) is 4.96. The summed E-state index contributed by atoms with van der Waals surface area (Å²) < 4.78 is 5.95. The summed E-state index contributed by atoms with van der Waals surface area (Å²) in [7, 11) is 0. The van der Waals surface area contributed by atoms with E-state index in [1.807, 2.05) is 29.8 Å². The number of aliphatic hydroxyl groups excluding tert-OH is 1. The number of hydrogen-bond donors (Lipinski definition) is 1. The van der Waals surface area contributed by atoms with Crippen LogP contribution in [0.15, 0.2) is 35.8 Å². The van der Waals surface area contributed by atoms with Gasteiger partial charge in [0.15, 0.2) is 5.13 Å². The lowest BCUT2D eigenvalue weighted by Gasteiger charge is -2.35. The van der Waals surface area contributed by atoms with Crippen LogP contribution in [0, 0.1) is 0 Å². The molecule has 0 radical (unpaired) electrons. The van der Waals surface area contributed by atoms with Crippen molar-refractivity contribution in [1.29, 1.82) is 0 Å². The highest BCUT2D eigenvalue weighted by atomic mass is 32.1. The molecule has 3 rings (SSSR count). The summed E-state index contributed by atoms with van der Waals surface area (Å²) in [6.45, 7) is 11.3. The Hall–Kier alpha value is -1.63. The van der Waals surface area contributed by atoms with E-state index in [1.54, 1.807) is 11.3 Å². The number of aromatic nitrogens is 1. The third-order valence-corrected chi connectivity index (χ3v) is 5.49. The van der Waals surface area contributed by atoms with Crippen LogP contribution in [0.3, 0.4) is 0 Å². The molecule has 1 aromatic heterocycles. The Kier molecular flexibility index (Phi) is 6.16. The van der Waals surface area contributed by atoms with Gasteiger partial charge in [0.1, 0.15) is 18.5 Å². The molecule has 0 amide bonds. The van der Waals surface area contributed by atoms with Crippen LogP contribution in [0.1, 0.15) is 26.3 Å². The van der Waals surface area contributed by atoms with Crippen molar-refractivity contribution in [1.82, 2.24) is 9.88 Å². The van der Waals surface area contributed by atoms with Crippen molar-refractivity contribution in [3.63, 3.8) is 0 Å². The van der Waals surface area contributed by atoms with E-state index < -0.39 is 6.10 Å². The summed E-state index contributed by atoms with van der Waals surface area (Å²) in [5.74, 6) is 0.868. The maximum absolute atomic E-state index is 10.4. The molecular formula is C20H29N3O2S. The highest BCUT2D eigenvalue weighted by molar-refractivity contribution is 7.13. The van der Waals surface area contributed by atoms with Crippen LogP contribution in [0.2, 0.25) is 0 Å². The van der Waals surface area contributed by atoms with Gasteiger partial charge in [0.05, 0.1) is 0 Å². The molecule has 1 aromatic carbocycles. The summed E-state index contributed by atoms with van der Waals surface area (Å²) in [6, 6.07) is 8.10. The van der Waals surface area contributed by atoms with E-state index in [0.717, 1.165) is 37.1 Å². The Labute approximate surface area is 160 Å². The fraction of sp³-hybridized carbons (Fsp3) is 0.550. The van der Waals surface area contributed by atoms with Gasteiger partial charge in [-0.25, -0.2) is 4.98 Å². The molecule has 1 N–H and O–H groups in total. The van der Waals surface area contributed by atoms with E-state index in [0.29, 0.717) is 13.2 Å². The molecule has 1 saturated heterocycles. The monoisotopic (exact) mass is 375 g/mol. The van der Waals surface area contributed by atoms with E-state index in [2.05, 4.69) is 41.6 Å². The van der Waals surface area contributed by atoms with Crippen LogP contribution in [0.25, 0.3) is 0 Å². The average Bonchev–Trinajstić information content (AvgIpc) is 3.15. The first-order chi connectivity index (χ1) is 12.4. The number of benzene rings is 1. The molecule has 1 atom stereocenters. The van der Waals surface area contributed by atoms with Gasteiger partial charge in [-0.3, -0.25) is 4.90 Å². The number of anilines is 1. The van der Waals surface area contributed by atoms with Crippen molar-refractivity contribution in [2.24, 2.45) is 0 Å². The molecule has 142 valence electrons. The van der Waals surface area contributed by atoms with Gasteiger partial charge in [-0.05, 0) is 17.0 Å². The molecule has 0 bridgehead atoms. The Morgan fingerprint density at radius 2 is 1.92 bits per heavy atom. The Bertz CT molecular complexity index is 677. The molecule has 1 fully saturated rings. The molecule has 0 aliphatic carbocycles. The number of nitrogens with zero attached hydrogens (tertiary/aromatic N) is 3. The first kappa shape index (κ1) is 19.1. The molecule has 5 nitrogen and oxygen atoms in total. The lowest BCUT2D eigenvalue weighted by atomic mass is 9.86. The van der Waals surface area contributed by atoms with Gasteiger partial charge < -0.3 is 14.7 Å². The van der Waals surface area contributed by atoms with Gasteiger partial charge in [0.25, 0.3) is 0 Å². The van der Waals surface area contributed by atoms with E-state index in [4.69, 9.17) is 4.74 Å². The molecular weight excluding hydrogens is 346 g/mol. The minimum Gasteiger partial charge on any atom is -0.491 e. The standard InChI is InChI=1S/C20H29N3O2S/c1-20(2,3)17-6-4-5-7-18(17)25-15-16(24)14-22-9-11-23(12-10-22)19-21-8-13-26-19/h4-8,13,16,24H,9-12,14-15H2,1-3H3/t16-/m1/s1. The SMILES string of the molecule is CC(C)(C)c1ccccc1OC[C@H](O)CN1CCN(c2nccs2)CC1. The number of β-amino-alcohol motifs (C(OH)–C–C–N with tert-alkyl or cyclic N) is 1. The molecule has 2 heterocycles. The number of thiazole rings is 1. The van der Waals surface area contributed by atoms with Crippen molar-refractivity contribution in [3.05, 3.63) is 41.4 Å². The topological polar surface area (TPSA) is 48.8 Å². The fourth-order valence-corrected chi connectivity index (χ4v) is 3.94. The highest BCUT2D eigenvalue weighted by Gasteiger charge is 2.22. The summed E-state index contributed by atoms with van der Waals surface area (Å²) in [6.07, 6.45) is 1.36. The van der Waals surface area contributed by atoms with E-state index >= 15 is 0 Å². The zero-order valence-electron chi connectivity index (χ0n) is 15.9. The van der Waals surface area contributed by atoms with Crippen LogP contribution in [0.5, 0.6) is 5.75 Å². The Morgan fingerprint density at radius 3 is 2.58 bits per heavy atom.